The number of hydrogen-bond acceptors (Lipinski definition) is 5. The summed E-state index contributed by atoms with van der Waals surface area (Å²) in [6.45, 7) is 6.63. The van der Waals surface area contributed by atoms with Crippen molar-refractivity contribution in [3.63, 3.8) is 0 Å². The van der Waals surface area contributed by atoms with Gasteiger partial charge in [0.15, 0.2) is 0 Å². The number of aliphatic carboxylic acids is 1. The molecule has 0 spiro atoms. The summed E-state index contributed by atoms with van der Waals surface area (Å²) in [5, 5.41) is 16.6. The Morgan fingerprint density at radius 2 is 2.06 bits per heavy atom. The topological polar surface area (TPSA) is 96.7 Å². The number of ether oxygens (including phenoxy) is 1. The van der Waals surface area contributed by atoms with E-state index >= 15 is 0 Å². The lowest BCUT2D eigenvalue weighted by atomic mass is 10.0. The van der Waals surface area contributed by atoms with E-state index in [9.17, 15) is 9.59 Å². The average molecular weight is 479 g/mol. The highest BCUT2D eigenvalue weighted by Crippen LogP contribution is 2.30. The zero-order chi connectivity index (χ0) is 25.4. The predicted octanol–water partition coefficient (Wildman–Crippen LogP) is 4.83. The maximum Gasteiger partial charge on any atom is 0.303 e. The van der Waals surface area contributed by atoms with E-state index in [1.165, 1.54) is 0 Å². The SMILES string of the molecule is CC.Cc1cc(C(=O)N2Cc3cnn(C)c3N/C3=C/C/C=C\C=CC32)ccc1OCCCC(=O)O. The fourth-order valence-electron chi connectivity index (χ4n) is 4.04. The first-order valence-corrected chi connectivity index (χ1v) is 12.0. The van der Waals surface area contributed by atoms with Gasteiger partial charge in [-0.25, -0.2) is 0 Å². The molecule has 0 radical (unpaired) electrons. The fourth-order valence-corrected chi connectivity index (χ4v) is 4.04. The fraction of sp³-hybridized carbons (Fsp3) is 0.370. The average Bonchev–Trinajstić information content (AvgIpc) is 3.09. The number of anilines is 1. The third-order valence-corrected chi connectivity index (χ3v) is 5.76. The highest BCUT2D eigenvalue weighted by molar-refractivity contribution is 5.95. The van der Waals surface area contributed by atoms with Gasteiger partial charge in [0.25, 0.3) is 5.91 Å². The first kappa shape index (κ1) is 25.8. The number of hydrogen-bond donors (Lipinski definition) is 2. The molecule has 8 nitrogen and oxygen atoms in total. The summed E-state index contributed by atoms with van der Waals surface area (Å²) in [5.74, 6) is 0.618. The Balaban J connectivity index is 0.00000167. The van der Waals surface area contributed by atoms with E-state index in [1.807, 2.05) is 57.0 Å². The Labute approximate surface area is 206 Å². The van der Waals surface area contributed by atoms with Gasteiger partial charge in [0.2, 0.25) is 0 Å². The van der Waals surface area contributed by atoms with Gasteiger partial charge in [0.05, 0.1) is 25.4 Å². The first-order chi connectivity index (χ1) is 16.9. The van der Waals surface area contributed by atoms with E-state index < -0.39 is 5.97 Å². The minimum Gasteiger partial charge on any atom is -0.493 e. The molecule has 1 atom stereocenters. The molecule has 4 rings (SSSR count). The van der Waals surface area contributed by atoms with Crippen LogP contribution in [0.1, 0.15) is 54.6 Å². The molecule has 2 heterocycles. The van der Waals surface area contributed by atoms with Crippen molar-refractivity contribution in [2.45, 2.75) is 52.6 Å². The van der Waals surface area contributed by atoms with E-state index in [0.717, 1.165) is 29.1 Å². The number of fused-ring (bicyclic) bond motifs is 2. The van der Waals surface area contributed by atoms with Crippen molar-refractivity contribution in [1.29, 1.82) is 0 Å². The van der Waals surface area contributed by atoms with E-state index in [-0.39, 0.29) is 18.4 Å². The summed E-state index contributed by atoms with van der Waals surface area (Å²) >= 11 is 0. The molecular formula is C27H34N4O4. The van der Waals surface area contributed by atoms with Gasteiger partial charge in [-0.05, 0) is 43.5 Å². The molecule has 1 aliphatic heterocycles. The van der Waals surface area contributed by atoms with Crippen molar-refractivity contribution in [3.05, 3.63) is 77.2 Å². The van der Waals surface area contributed by atoms with Gasteiger partial charge in [-0.15, -0.1) is 0 Å². The van der Waals surface area contributed by atoms with Crippen LogP contribution in [0.5, 0.6) is 5.75 Å². The van der Waals surface area contributed by atoms with Crippen molar-refractivity contribution < 1.29 is 19.4 Å². The molecule has 0 saturated carbocycles. The Kier molecular flexibility index (Phi) is 8.89. The molecule has 1 aromatic heterocycles. The van der Waals surface area contributed by atoms with Crippen LogP contribution in [0.15, 0.2) is 60.5 Å². The Bertz CT molecular complexity index is 1150. The maximum atomic E-state index is 13.7. The highest BCUT2D eigenvalue weighted by Gasteiger charge is 2.31. The second-order valence-corrected chi connectivity index (χ2v) is 8.18. The number of aromatic nitrogens is 2. The summed E-state index contributed by atoms with van der Waals surface area (Å²) in [5.41, 5.74) is 3.30. The number of nitrogens with zero attached hydrogens (tertiary/aromatic N) is 3. The number of amides is 1. The van der Waals surface area contributed by atoms with Crippen LogP contribution in [-0.4, -0.2) is 44.3 Å². The van der Waals surface area contributed by atoms with Crippen LogP contribution >= 0.6 is 0 Å². The number of nitrogens with one attached hydrogen (secondary N) is 1. The molecule has 1 unspecified atom stereocenters. The number of carbonyl (C=O) groups excluding carboxylic acids is 1. The van der Waals surface area contributed by atoms with E-state index in [4.69, 9.17) is 9.84 Å². The van der Waals surface area contributed by atoms with Crippen LogP contribution in [0.3, 0.4) is 0 Å². The van der Waals surface area contributed by atoms with Gasteiger partial charge in [0.1, 0.15) is 11.6 Å². The summed E-state index contributed by atoms with van der Waals surface area (Å²) in [7, 11) is 1.89. The molecular weight excluding hydrogens is 444 g/mol. The van der Waals surface area contributed by atoms with Gasteiger partial charge >= 0.3 is 5.97 Å². The third kappa shape index (κ3) is 6.20. The molecule has 1 aliphatic carbocycles. The normalized spacial score (nSPS) is 18.7. The van der Waals surface area contributed by atoms with Crippen LogP contribution in [0, 0.1) is 6.92 Å². The van der Waals surface area contributed by atoms with Crippen LogP contribution in [0.25, 0.3) is 0 Å². The zero-order valence-corrected chi connectivity index (χ0v) is 20.8. The van der Waals surface area contributed by atoms with E-state index in [2.05, 4.69) is 22.6 Å². The number of carboxylic acid groups (broad SMARTS) is 1. The Morgan fingerprint density at radius 3 is 2.80 bits per heavy atom. The third-order valence-electron chi connectivity index (χ3n) is 5.76. The number of allylic oxidation sites excluding steroid dienone is 4. The molecule has 1 aromatic carbocycles. The second kappa shape index (κ2) is 12.1. The van der Waals surface area contributed by atoms with E-state index in [0.29, 0.717) is 30.9 Å². The molecule has 0 bridgehead atoms. The number of carbonyl (C=O) groups is 2. The minimum absolute atomic E-state index is 0.0644. The predicted molar refractivity (Wildman–Crippen MR) is 136 cm³/mol. The first-order valence-electron chi connectivity index (χ1n) is 12.0. The minimum atomic E-state index is -0.841. The molecule has 35 heavy (non-hydrogen) atoms. The molecule has 2 N–H and O–H groups in total. The van der Waals surface area contributed by atoms with Crippen LogP contribution < -0.4 is 10.1 Å². The second-order valence-electron chi connectivity index (χ2n) is 8.18. The summed E-state index contributed by atoms with van der Waals surface area (Å²) < 4.78 is 7.51. The molecule has 2 aliphatic rings. The Morgan fingerprint density at radius 1 is 1.26 bits per heavy atom. The molecule has 8 heteroatoms. The lowest BCUT2D eigenvalue weighted by Gasteiger charge is -2.30. The number of rotatable bonds is 6. The van der Waals surface area contributed by atoms with Gasteiger partial charge in [-0.2, -0.15) is 5.10 Å². The summed E-state index contributed by atoms with van der Waals surface area (Å²) in [6, 6.07) is 5.14. The van der Waals surface area contributed by atoms with Gasteiger partial charge in [-0.3, -0.25) is 14.3 Å². The largest absolute Gasteiger partial charge is 0.493 e. The van der Waals surface area contributed by atoms with Crippen molar-refractivity contribution >= 4 is 17.7 Å². The zero-order valence-electron chi connectivity index (χ0n) is 20.8. The van der Waals surface area contributed by atoms with Gasteiger partial charge < -0.3 is 20.1 Å². The van der Waals surface area contributed by atoms with Crippen molar-refractivity contribution in [1.82, 2.24) is 14.7 Å². The quantitative estimate of drug-likeness (QED) is 0.577. The lowest BCUT2D eigenvalue weighted by Crippen LogP contribution is -2.40. The van der Waals surface area contributed by atoms with E-state index in [1.54, 1.807) is 23.0 Å². The van der Waals surface area contributed by atoms with Gasteiger partial charge in [0, 0.05) is 30.3 Å². The molecule has 0 fully saturated rings. The number of aryl methyl sites for hydroxylation is 2. The smallest absolute Gasteiger partial charge is 0.303 e. The molecule has 1 amide bonds. The maximum absolute atomic E-state index is 13.7. The molecule has 186 valence electrons. The number of carboxylic acids is 1. The lowest BCUT2D eigenvalue weighted by molar-refractivity contribution is -0.137. The van der Waals surface area contributed by atoms with Crippen molar-refractivity contribution in [2.75, 3.05) is 11.9 Å². The summed E-state index contributed by atoms with van der Waals surface area (Å²) in [4.78, 5) is 26.2. The van der Waals surface area contributed by atoms with Crippen LogP contribution in [-0.2, 0) is 18.4 Å². The molecule has 0 saturated heterocycles. The van der Waals surface area contributed by atoms with Gasteiger partial charge in [-0.1, -0.05) is 44.2 Å². The molecule has 2 aromatic rings. The Hall–Kier alpha value is -3.81. The summed E-state index contributed by atoms with van der Waals surface area (Å²) in [6.07, 6.45) is 13.2. The monoisotopic (exact) mass is 478 g/mol. The van der Waals surface area contributed by atoms with Crippen LogP contribution in [0.2, 0.25) is 0 Å². The highest BCUT2D eigenvalue weighted by atomic mass is 16.5. The standard InChI is InChI=1S/C25H28N4O4.C2H6/c1-17-14-18(11-12-22(17)33-13-7-10-23(30)31)25(32)29-16-19-15-26-28(2)24(19)27-20-8-5-3-4-6-9-21(20)29;1-2/h3-4,6,8-9,11-12,14-15,21,27H,5,7,10,13,16H2,1-2H3,(H,30,31);1-2H3/b4-3-,9-6?,20-8+;. The number of benzene rings is 1. The van der Waals surface area contributed by atoms with Crippen molar-refractivity contribution in [2.24, 2.45) is 7.05 Å². The van der Waals surface area contributed by atoms with Crippen molar-refractivity contribution in [3.8, 4) is 5.75 Å². The van der Waals surface area contributed by atoms with Crippen LogP contribution in [0.4, 0.5) is 5.82 Å².